The molecule has 0 atom stereocenters. The highest BCUT2D eigenvalue weighted by atomic mass is 32.2. The molecule has 102 valence electrons. The zero-order chi connectivity index (χ0) is 13.4. The predicted octanol–water partition coefficient (Wildman–Crippen LogP) is 4.69. The minimum Gasteiger partial charge on any atom is -0.322 e. The molecule has 1 rings (SSSR count). The van der Waals surface area contributed by atoms with Crippen LogP contribution in [0.25, 0.3) is 0 Å². The highest BCUT2D eigenvalue weighted by Gasteiger charge is 2.12. The Balaban J connectivity index is 2.27. The molecule has 0 aliphatic carbocycles. The summed E-state index contributed by atoms with van der Waals surface area (Å²) in [5.74, 6) is 2.40. The number of benzene rings is 1. The van der Waals surface area contributed by atoms with E-state index in [-0.39, 0.29) is 5.54 Å². The summed E-state index contributed by atoms with van der Waals surface area (Å²) in [6, 6.07) is 8.74. The van der Waals surface area contributed by atoms with Gasteiger partial charge in [0.1, 0.15) is 0 Å². The van der Waals surface area contributed by atoms with Gasteiger partial charge in [-0.3, -0.25) is 0 Å². The molecule has 0 aromatic heterocycles. The van der Waals surface area contributed by atoms with E-state index in [2.05, 4.69) is 31.2 Å². The third-order valence-corrected chi connectivity index (χ3v) is 4.22. The van der Waals surface area contributed by atoms with Crippen LogP contribution in [0, 0.1) is 0 Å². The van der Waals surface area contributed by atoms with Gasteiger partial charge in [-0.2, -0.15) is 11.8 Å². The molecule has 0 saturated carbocycles. The first kappa shape index (κ1) is 15.6. The second-order valence-electron chi connectivity index (χ2n) is 5.53. The minimum atomic E-state index is -0.230. The van der Waals surface area contributed by atoms with Gasteiger partial charge < -0.3 is 5.73 Å². The smallest absolute Gasteiger partial charge is 0.0352 e. The molecule has 0 saturated heterocycles. The third kappa shape index (κ3) is 5.92. The van der Waals surface area contributed by atoms with Gasteiger partial charge in [0.05, 0.1) is 0 Å². The number of hydrogen-bond acceptors (Lipinski definition) is 2. The molecular weight excluding hydrogens is 238 g/mol. The number of hydrogen-bond donors (Lipinski definition) is 1. The van der Waals surface area contributed by atoms with E-state index in [9.17, 15) is 0 Å². The molecule has 0 radical (unpaired) electrons. The van der Waals surface area contributed by atoms with Crippen molar-refractivity contribution >= 4 is 11.8 Å². The molecule has 2 heteroatoms. The van der Waals surface area contributed by atoms with E-state index in [1.54, 1.807) is 0 Å². The van der Waals surface area contributed by atoms with Crippen LogP contribution in [0.3, 0.4) is 0 Å². The highest BCUT2D eigenvalue weighted by Crippen LogP contribution is 2.20. The lowest BCUT2D eigenvalue weighted by atomic mass is 9.95. The summed E-state index contributed by atoms with van der Waals surface area (Å²) in [4.78, 5) is 0. The Morgan fingerprint density at radius 2 is 1.72 bits per heavy atom. The zero-order valence-electron chi connectivity index (χ0n) is 12.0. The van der Waals surface area contributed by atoms with Crippen LogP contribution in [0.5, 0.6) is 0 Å². The molecule has 0 aliphatic rings. The molecule has 0 unspecified atom stereocenters. The van der Waals surface area contributed by atoms with Crippen molar-refractivity contribution in [2.45, 2.75) is 57.7 Å². The molecule has 0 aliphatic heterocycles. The van der Waals surface area contributed by atoms with E-state index in [4.69, 9.17) is 5.73 Å². The molecule has 0 heterocycles. The highest BCUT2D eigenvalue weighted by molar-refractivity contribution is 7.98. The van der Waals surface area contributed by atoms with E-state index >= 15 is 0 Å². The summed E-state index contributed by atoms with van der Waals surface area (Å²) in [6.07, 6.45) is 5.43. The normalized spacial score (nSPS) is 11.8. The number of nitrogens with two attached hydrogens (primary N) is 1. The second kappa shape index (κ2) is 7.85. The largest absolute Gasteiger partial charge is 0.322 e. The Morgan fingerprint density at radius 3 is 2.28 bits per heavy atom. The fourth-order valence-corrected chi connectivity index (χ4v) is 2.83. The Morgan fingerprint density at radius 1 is 1.06 bits per heavy atom. The van der Waals surface area contributed by atoms with Gasteiger partial charge >= 0.3 is 0 Å². The van der Waals surface area contributed by atoms with Crippen LogP contribution in [0.1, 0.15) is 57.6 Å². The lowest BCUT2D eigenvalue weighted by molar-refractivity contribution is 0.554. The van der Waals surface area contributed by atoms with E-state index in [0.29, 0.717) is 0 Å². The number of thioether (sulfide) groups is 1. The quantitative estimate of drug-likeness (QED) is 0.690. The first-order valence-electron chi connectivity index (χ1n) is 7.00. The lowest BCUT2D eigenvalue weighted by Gasteiger charge is -2.19. The summed E-state index contributed by atoms with van der Waals surface area (Å²) < 4.78 is 0. The summed E-state index contributed by atoms with van der Waals surface area (Å²) in [6.45, 7) is 6.35. The van der Waals surface area contributed by atoms with Crippen molar-refractivity contribution in [2.24, 2.45) is 5.73 Å². The number of unbranched alkanes of at least 4 members (excludes halogenated alkanes) is 3. The maximum atomic E-state index is 6.07. The van der Waals surface area contributed by atoms with Crippen molar-refractivity contribution in [2.75, 3.05) is 5.75 Å². The monoisotopic (exact) mass is 265 g/mol. The van der Waals surface area contributed by atoms with Gasteiger partial charge in [-0.15, -0.1) is 0 Å². The van der Waals surface area contributed by atoms with E-state index < -0.39 is 0 Å². The Kier molecular flexibility index (Phi) is 6.80. The first-order valence-corrected chi connectivity index (χ1v) is 8.15. The van der Waals surface area contributed by atoms with Gasteiger partial charge in [0.2, 0.25) is 0 Å². The van der Waals surface area contributed by atoms with Gasteiger partial charge in [-0.1, -0.05) is 50.5 Å². The Hall–Kier alpha value is -0.470. The maximum Gasteiger partial charge on any atom is 0.0352 e. The maximum absolute atomic E-state index is 6.07. The lowest BCUT2D eigenvalue weighted by Crippen LogP contribution is -2.28. The molecule has 1 aromatic rings. The van der Waals surface area contributed by atoms with Crippen molar-refractivity contribution in [1.82, 2.24) is 0 Å². The van der Waals surface area contributed by atoms with Crippen molar-refractivity contribution in [3.05, 3.63) is 35.4 Å². The molecule has 1 nitrogen and oxygen atoms in total. The summed E-state index contributed by atoms with van der Waals surface area (Å²) in [5, 5.41) is 0. The van der Waals surface area contributed by atoms with Crippen molar-refractivity contribution in [3.8, 4) is 0 Å². The van der Waals surface area contributed by atoms with Gasteiger partial charge in [-0.25, -0.2) is 0 Å². The third-order valence-electron chi connectivity index (χ3n) is 3.11. The van der Waals surface area contributed by atoms with E-state index in [1.807, 2.05) is 25.6 Å². The van der Waals surface area contributed by atoms with Gasteiger partial charge in [0.15, 0.2) is 0 Å². The van der Waals surface area contributed by atoms with Gasteiger partial charge in [-0.05, 0) is 37.1 Å². The molecular formula is C16H27NS. The molecule has 18 heavy (non-hydrogen) atoms. The van der Waals surface area contributed by atoms with E-state index in [1.165, 1.54) is 42.6 Å². The molecule has 0 spiro atoms. The van der Waals surface area contributed by atoms with Gasteiger partial charge in [0.25, 0.3) is 0 Å². The SMILES string of the molecule is CCCCCCSCc1ccc(C(C)(C)N)cc1. The van der Waals surface area contributed by atoms with Crippen molar-refractivity contribution in [1.29, 1.82) is 0 Å². The molecule has 1 aromatic carbocycles. The van der Waals surface area contributed by atoms with Crippen LogP contribution in [-0.4, -0.2) is 5.75 Å². The summed E-state index contributed by atoms with van der Waals surface area (Å²) >= 11 is 2.04. The molecule has 2 N–H and O–H groups in total. The minimum absolute atomic E-state index is 0.230. The van der Waals surface area contributed by atoms with Crippen LogP contribution in [-0.2, 0) is 11.3 Å². The predicted molar refractivity (Wildman–Crippen MR) is 84.0 cm³/mol. The van der Waals surface area contributed by atoms with Crippen molar-refractivity contribution in [3.63, 3.8) is 0 Å². The molecule has 0 bridgehead atoms. The average molecular weight is 265 g/mol. The fourth-order valence-electron chi connectivity index (χ4n) is 1.85. The van der Waals surface area contributed by atoms with Crippen molar-refractivity contribution < 1.29 is 0 Å². The average Bonchev–Trinajstić information content (AvgIpc) is 2.33. The van der Waals surface area contributed by atoms with Crippen LogP contribution in [0.15, 0.2) is 24.3 Å². The molecule has 0 fully saturated rings. The van der Waals surface area contributed by atoms with Crippen LogP contribution in [0.2, 0.25) is 0 Å². The second-order valence-corrected chi connectivity index (χ2v) is 6.64. The van der Waals surface area contributed by atoms with E-state index in [0.717, 1.165) is 5.75 Å². The van der Waals surface area contributed by atoms with Crippen LogP contribution in [0.4, 0.5) is 0 Å². The molecule has 0 amide bonds. The fraction of sp³-hybridized carbons (Fsp3) is 0.625. The number of rotatable bonds is 8. The standard InChI is InChI=1S/C16H27NS/c1-4-5-6-7-12-18-13-14-8-10-15(11-9-14)16(2,3)17/h8-11H,4-7,12-13,17H2,1-3H3. The van der Waals surface area contributed by atoms with Gasteiger partial charge in [0, 0.05) is 11.3 Å². The van der Waals surface area contributed by atoms with Crippen LogP contribution < -0.4 is 5.73 Å². The summed E-state index contributed by atoms with van der Waals surface area (Å²) in [5.41, 5.74) is 8.45. The van der Waals surface area contributed by atoms with Crippen LogP contribution >= 0.6 is 11.8 Å². The first-order chi connectivity index (χ1) is 8.54. The Bertz CT molecular complexity index is 324. The zero-order valence-corrected chi connectivity index (χ0v) is 12.9. The summed E-state index contributed by atoms with van der Waals surface area (Å²) in [7, 11) is 0. The Labute approximate surface area is 117 Å². The topological polar surface area (TPSA) is 26.0 Å².